The van der Waals surface area contributed by atoms with Crippen LogP contribution in [0.4, 0.5) is 0 Å². The highest BCUT2D eigenvalue weighted by Crippen LogP contribution is 2.34. The first kappa shape index (κ1) is 10.9. The molecule has 0 aromatic carbocycles. The van der Waals surface area contributed by atoms with Crippen molar-refractivity contribution in [3.63, 3.8) is 0 Å². The van der Waals surface area contributed by atoms with Gasteiger partial charge in [-0.3, -0.25) is 4.79 Å². The third-order valence-electron chi connectivity index (χ3n) is 2.57. The molecule has 0 N–H and O–H groups in total. The molecule has 1 aromatic rings. The minimum Gasteiger partial charge on any atom is -0.329 e. The zero-order chi connectivity index (χ0) is 10.8. The van der Waals surface area contributed by atoms with Crippen LogP contribution in [0.15, 0.2) is 11.6 Å². The van der Waals surface area contributed by atoms with Gasteiger partial charge < -0.3 is 4.90 Å². The summed E-state index contributed by atoms with van der Waals surface area (Å²) < 4.78 is 0. The van der Waals surface area contributed by atoms with E-state index in [0.717, 1.165) is 17.8 Å². The molecule has 3 nitrogen and oxygen atoms in total. The molecule has 0 aliphatic heterocycles. The van der Waals surface area contributed by atoms with E-state index in [2.05, 4.69) is 4.98 Å². The second kappa shape index (κ2) is 4.49. The number of thiazole rings is 1. The normalized spacial score (nSPS) is 17.5. The summed E-state index contributed by atoms with van der Waals surface area (Å²) in [5, 5.41) is 2.92. The molecule has 1 fully saturated rings. The minimum absolute atomic E-state index is 0.0156. The number of aromatic nitrogens is 1. The fourth-order valence-corrected chi connectivity index (χ4v) is 2.55. The number of alkyl halides is 1. The molecule has 2 rings (SSSR count). The van der Waals surface area contributed by atoms with Crippen molar-refractivity contribution < 1.29 is 4.79 Å². The van der Waals surface area contributed by atoms with E-state index in [-0.39, 0.29) is 17.8 Å². The van der Waals surface area contributed by atoms with Crippen molar-refractivity contribution >= 4 is 28.8 Å². The van der Waals surface area contributed by atoms with Crippen LogP contribution in [0.25, 0.3) is 0 Å². The summed E-state index contributed by atoms with van der Waals surface area (Å²) in [6, 6.07) is 0.443. The third kappa shape index (κ3) is 2.32. The average molecular weight is 245 g/mol. The molecule has 1 heterocycles. The number of halogens is 1. The molecule has 1 atom stereocenters. The first-order chi connectivity index (χ1) is 7.24. The third-order valence-corrected chi connectivity index (χ3v) is 3.74. The van der Waals surface area contributed by atoms with Gasteiger partial charge in [0.05, 0.1) is 6.04 Å². The van der Waals surface area contributed by atoms with Crippen molar-refractivity contribution in [3.8, 4) is 0 Å². The van der Waals surface area contributed by atoms with Crippen LogP contribution in [0.5, 0.6) is 0 Å². The quantitative estimate of drug-likeness (QED) is 0.763. The molecule has 5 heteroatoms. The molecule has 1 saturated carbocycles. The van der Waals surface area contributed by atoms with Gasteiger partial charge in [0.1, 0.15) is 10.9 Å². The smallest absolute Gasteiger partial charge is 0.238 e. The Morgan fingerprint density at radius 3 is 3.00 bits per heavy atom. The van der Waals surface area contributed by atoms with E-state index in [1.807, 2.05) is 17.2 Å². The molecule has 0 saturated heterocycles. The zero-order valence-electron chi connectivity index (χ0n) is 8.52. The standard InChI is InChI=1S/C10H13ClN2OS/c1-7(10-12-4-5-15-10)13(8-2-3-8)9(14)6-11/h4-5,7-8H,2-3,6H2,1H3/t7-/m0/s1. The van der Waals surface area contributed by atoms with E-state index < -0.39 is 0 Å². The van der Waals surface area contributed by atoms with Crippen LogP contribution in [0.2, 0.25) is 0 Å². The molecule has 1 aromatic heterocycles. The van der Waals surface area contributed by atoms with Crippen molar-refractivity contribution in [3.05, 3.63) is 16.6 Å². The molecule has 1 aliphatic rings. The van der Waals surface area contributed by atoms with Gasteiger partial charge in [-0.15, -0.1) is 22.9 Å². The molecule has 1 aliphatic carbocycles. The van der Waals surface area contributed by atoms with Crippen LogP contribution in [0.1, 0.15) is 30.8 Å². The monoisotopic (exact) mass is 244 g/mol. The van der Waals surface area contributed by atoms with Crippen molar-refractivity contribution in [2.75, 3.05) is 5.88 Å². The lowest BCUT2D eigenvalue weighted by Crippen LogP contribution is -2.36. The van der Waals surface area contributed by atoms with Crippen LogP contribution in [0, 0.1) is 0 Å². The van der Waals surface area contributed by atoms with Gasteiger partial charge >= 0.3 is 0 Å². The Bertz CT molecular complexity index is 337. The minimum atomic E-state index is 0.0156. The number of carbonyl (C=O) groups excluding carboxylic acids is 1. The Morgan fingerprint density at radius 2 is 2.53 bits per heavy atom. The number of hydrogen-bond donors (Lipinski definition) is 0. The van der Waals surface area contributed by atoms with E-state index in [9.17, 15) is 4.79 Å². The molecular weight excluding hydrogens is 232 g/mol. The Balaban J connectivity index is 2.14. The Hall–Kier alpha value is -0.610. The van der Waals surface area contributed by atoms with Crippen LogP contribution >= 0.6 is 22.9 Å². The van der Waals surface area contributed by atoms with Gasteiger partial charge in [-0.05, 0) is 19.8 Å². The van der Waals surface area contributed by atoms with Crippen LogP contribution in [-0.2, 0) is 4.79 Å². The van der Waals surface area contributed by atoms with Gasteiger partial charge in [0.25, 0.3) is 0 Å². The molecule has 15 heavy (non-hydrogen) atoms. The maximum absolute atomic E-state index is 11.7. The summed E-state index contributed by atoms with van der Waals surface area (Å²) in [6.45, 7) is 2.02. The van der Waals surface area contributed by atoms with E-state index in [0.29, 0.717) is 6.04 Å². The van der Waals surface area contributed by atoms with Crippen molar-refractivity contribution in [1.29, 1.82) is 0 Å². The fourth-order valence-electron chi connectivity index (χ4n) is 1.72. The zero-order valence-corrected chi connectivity index (χ0v) is 10.1. The maximum atomic E-state index is 11.7. The van der Waals surface area contributed by atoms with Gasteiger partial charge in [-0.1, -0.05) is 0 Å². The first-order valence-electron chi connectivity index (χ1n) is 5.00. The van der Waals surface area contributed by atoms with Crippen LogP contribution in [0.3, 0.4) is 0 Å². The summed E-state index contributed by atoms with van der Waals surface area (Å²) in [5.41, 5.74) is 0. The first-order valence-corrected chi connectivity index (χ1v) is 6.42. The number of nitrogens with zero attached hydrogens (tertiary/aromatic N) is 2. The average Bonchev–Trinajstić information content (AvgIpc) is 2.92. The van der Waals surface area contributed by atoms with Crippen LogP contribution in [-0.4, -0.2) is 27.7 Å². The number of rotatable bonds is 4. The number of carbonyl (C=O) groups is 1. The van der Waals surface area contributed by atoms with Crippen molar-refractivity contribution in [2.45, 2.75) is 31.8 Å². The van der Waals surface area contributed by atoms with Crippen molar-refractivity contribution in [1.82, 2.24) is 9.88 Å². The molecule has 0 bridgehead atoms. The van der Waals surface area contributed by atoms with Gasteiger partial charge in [0.15, 0.2) is 0 Å². The SMILES string of the molecule is C[C@@H](c1nccs1)N(C(=O)CCl)C1CC1. The largest absolute Gasteiger partial charge is 0.329 e. The highest BCUT2D eigenvalue weighted by atomic mass is 35.5. The van der Waals surface area contributed by atoms with E-state index >= 15 is 0 Å². The summed E-state index contributed by atoms with van der Waals surface area (Å²) in [6.07, 6.45) is 3.96. The lowest BCUT2D eigenvalue weighted by Gasteiger charge is -2.27. The molecular formula is C10H13ClN2OS. The Kier molecular flexibility index (Phi) is 3.26. The van der Waals surface area contributed by atoms with Crippen LogP contribution < -0.4 is 0 Å². The highest BCUT2D eigenvalue weighted by Gasteiger charge is 2.36. The van der Waals surface area contributed by atoms with E-state index in [1.54, 1.807) is 17.5 Å². The maximum Gasteiger partial charge on any atom is 0.238 e. The Labute approximate surface area is 98.1 Å². The molecule has 82 valence electrons. The van der Waals surface area contributed by atoms with Gasteiger partial charge in [-0.2, -0.15) is 0 Å². The summed E-state index contributed by atoms with van der Waals surface area (Å²) >= 11 is 7.20. The molecule has 0 spiro atoms. The summed E-state index contributed by atoms with van der Waals surface area (Å²) in [5.74, 6) is 0.0773. The predicted molar refractivity (Wildman–Crippen MR) is 61.1 cm³/mol. The lowest BCUT2D eigenvalue weighted by atomic mass is 10.3. The van der Waals surface area contributed by atoms with E-state index in [4.69, 9.17) is 11.6 Å². The Morgan fingerprint density at radius 1 is 1.80 bits per heavy atom. The predicted octanol–water partition coefficient (Wildman–Crippen LogP) is 2.43. The van der Waals surface area contributed by atoms with Gasteiger partial charge in [-0.25, -0.2) is 4.98 Å². The fraction of sp³-hybridized carbons (Fsp3) is 0.600. The lowest BCUT2D eigenvalue weighted by molar-refractivity contribution is -0.131. The second-order valence-electron chi connectivity index (χ2n) is 3.71. The molecule has 1 amide bonds. The van der Waals surface area contributed by atoms with Gasteiger partial charge in [0, 0.05) is 17.6 Å². The number of amides is 1. The van der Waals surface area contributed by atoms with E-state index in [1.165, 1.54) is 0 Å². The molecule has 0 unspecified atom stereocenters. The summed E-state index contributed by atoms with van der Waals surface area (Å²) in [7, 11) is 0. The summed E-state index contributed by atoms with van der Waals surface area (Å²) in [4.78, 5) is 17.8. The second-order valence-corrected chi connectivity index (χ2v) is 4.91. The van der Waals surface area contributed by atoms with Gasteiger partial charge in [0.2, 0.25) is 5.91 Å². The number of hydrogen-bond acceptors (Lipinski definition) is 3. The van der Waals surface area contributed by atoms with Crippen molar-refractivity contribution in [2.24, 2.45) is 0 Å². The topological polar surface area (TPSA) is 33.2 Å². The molecule has 0 radical (unpaired) electrons. The highest BCUT2D eigenvalue weighted by molar-refractivity contribution is 7.09.